The van der Waals surface area contributed by atoms with Crippen LogP contribution in [0.15, 0.2) is 67.0 Å². The molecule has 0 aliphatic rings. The Bertz CT molecular complexity index is 726. The molecule has 0 bridgehead atoms. The molecule has 1 heterocycles. The van der Waals surface area contributed by atoms with E-state index in [4.69, 9.17) is 0 Å². The molecule has 3 rings (SSSR count). The summed E-state index contributed by atoms with van der Waals surface area (Å²) in [5.74, 6) is 1.52. The SMILES string of the molecule is Cc1ccccc1Nc1cc(Nc2ccccc2)ncn1. The minimum atomic E-state index is 0.757. The molecule has 0 atom stereocenters. The van der Waals surface area contributed by atoms with Crippen LogP contribution in [0.1, 0.15) is 5.56 Å². The number of nitrogens with one attached hydrogen (secondary N) is 2. The van der Waals surface area contributed by atoms with E-state index in [2.05, 4.69) is 33.6 Å². The van der Waals surface area contributed by atoms with Crippen molar-refractivity contribution in [1.82, 2.24) is 9.97 Å². The molecule has 3 aromatic rings. The smallest absolute Gasteiger partial charge is 0.135 e. The molecular weight excluding hydrogens is 260 g/mol. The van der Waals surface area contributed by atoms with Crippen molar-refractivity contribution in [2.24, 2.45) is 0 Å². The van der Waals surface area contributed by atoms with E-state index in [-0.39, 0.29) is 0 Å². The van der Waals surface area contributed by atoms with Gasteiger partial charge in [-0.15, -0.1) is 0 Å². The molecule has 0 aliphatic carbocycles. The van der Waals surface area contributed by atoms with Gasteiger partial charge in [0, 0.05) is 17.4 Å². The summed E-state index contributed by atoms with van der Waals surface area (Å²) in [5, 5.41) is 6.56. The molecule has 21 heavy (non-hydrogen) atoms. The first-order valence-electron chi connectivity index (χ1n) is 6.78. The largest absolute Gasteiger partial charge is 0.340 e. The Morgan fingerprint density at radius 2 is 1.43 bits per heavy atom. The fourth-order valence-corrected chi connectivity index (χ4v) is 2.01. The van der Waals surface area contributed by atoms with Gasteiger partial charge in [-0.25, -0.2) is 9.97 Å². The molecule has 2 aromatic carbocycles. The molecule has 2 N–H and O–H groups in total. The lowest BCUT2D eigenvalue weighted by Crippen LogP contribution is -1.99. The Kier molecular flexibility index (Phi) is 3.78. The average Bonchev–Trinajstić information content (AvgIpc) is 2.51. The molecule has 0 unspecified atom stereocenters. The number of nitrogens with zero attached hydrogens (tertiary/aromatic N) is 2. The van der Waals surface area contributed by atoms with E-state index in [9.17, 15) is 0 Å². The highest BCUT2D eigenvalue weighted by Gasteiger charge is 2.02. The van der Waals surface area contributed by atoms with Crippen LogP contribution in [0.25, 0.3) is 0 Å². The number of aryl methyl sites for hydroxylation is 1. The number of hydrogen-bond acceptors (Lipinski definition) is 4. The van der Waals surface area contributed by atoms with Crippen molar-refractivity contribution < 1.29 is 0 Å². The zero-order valence-electron chi connectivity index (χ0n) is 11.7. The van der Waals surface area contributed by atoms with Crippen LogP contribution < -0.4 is 10.6 Å². The van der Waals surface area contributed by atoms with Gasteiger partial charge in [-0.05, 0) is 30.7 Å². The molecule has 0 spiro atoms. The van der Waals surface area contributed by atoms with Crippen LogP contribution in [0.4, 0.5) is 23.0 Å². The normalized spacial score (nSPS) is 10.1. The number of benzene rings is 2. The molecule has 0 radical (unpaired) electrons. The van der Waals surface area contributed by atoms with E-state index in [1.165, 1.54) is 5.56 Å². The Balaban J connectivity index is 1.79. The Morgan fingerprint density at radius 1 is 0.762 bits per heavy atom. The zero-order valence-corrected chi connectivity index (χ0v) is 11.7. The van der Waals surface area contributed by atoms with E-state index < -0.39 is 0 Å². The van der Waals surface area contributed by atoms with Gasteiger partial charge >= 0.3 is 0 Å². The number of hydrogen-bond donors (Lipinski definition) is 2. The summed E-state index contributed by atoms with van der Waals surface area (Å²) in [6, 6.07) is 19.9. The predicted octanol–water partition coefficient (Wildman–Crippen LogP) is 4.27. The first kappa shape index (κ1) is 13.1. The van der Waals surface area contributed by atoms with Crippen molar-refractivity contribution in [2.45, 2.75) is 6.92 Å². The molecular formula is C17H16N4. The minimum absolute atomic E-state index is 0.757. The zero-order chi connectivity index (χ0) is 14.5. The van der Waals surface area contributed by atoms with E-state index in [0.717, 1.165) is 23.0 Å². The first-order valence-corrected chi connectivity index (χ1v) is 6.78. The number of rotatable bonds is 4. The van der Waals surface area contributed by atoms with Gasteiger partial charge in [0.1, 0.15) is 18.0 Å². The lowest BCUT2D eigenvalue weighted by atomic mass is 10.2. The van der Waals surface area contributed by atoms with Crippen LogP contribution in [0, 0.1) is 6.92 Å². The Morgan fingerprint density at radius 3 is 2.19 bits per heavy atom. The van der Waals surface area contributed by atoms with Gasteiger partial charge in [-0.1, -0.05) is 36.4 Å². The van der Waals surface area contributed by atoms with Crippen molar-refractivity contribution in [3.05, 3.63) is 72.6 Å². The van der Waals surface area contributed by atoms with Crippen molar-refractivity contribution in [3.8, 4) is 0 Å². The third-order valence-electron chi connectivity index (χ3n) is 3.12. The van der Waals surface area contributed by atoms with Gasteiger partial charge in [0.05, 0.1) is 0 Å². The summed E-state index contributed by atoms with van der Waals surface area (Å²) < 4.78 is 0. The molecule has 4 nitrogen and oxygen atoms in total. The van der Waals surface area contributed by atoms with Crippen molar-refractivity contribution in [2.75, 3.05) is 10.6 Å². The van der Waals surface area contributed by atoms with E-state index >= 15 is 0 Å². The Labute approximate surface area is 123 Å². The lowest BCUT2D eigenvalue weighted by Gasteiger charge is -2.10. The highest BCUT2D eigenvalue weighted by atomic mass is 15.1. The maximum Gasteiger partial charge on any atom is 0.135 e. The second kappa shape index (κ2) is 6.05. The molecule has 4 heteroatoms. The number of para-hydroxylation sites is 2. The topological polar surface area (TPSA) is 49.8 Å². The molecule has 0 amide bonds. The maximum absolute atomic E-state index is 4.26. The van der Waals surface area contributed by atoms with Gasteiger partial charge in [-0.2, -0.15) is 0 Å². The van der Waals surface area contributed by atoms with Gasteiger partial charge in [0.15, 0.2) is 0 Å². The van der Waals surface area contributed by atoms with Crippen LogP contribution in [0.2, 0.25) is 0 Å². The molecule has 0 aliphatic heterocycles. The lowest BCUT2D eigenvalue weighted by molar-refractivity contribution is 1.16. The number of aromatic nitrogens is 2. The monoisotopic (exact) mass is 276 g/mol. The third kappa shape index (κ3) is 3.36. The molecule has 0 saturated heterocycles. The molecule has 0 fully saturated rings. The van der Waals surface area contributed by atoms with Crippen LogP contribution in [0.5, 0.6) is 0 Å². The highest BCUT2D eigenvalue weighted by molar-refractivity contribution is 5.64. The predicted molar refractivity (Wildman–Crippen MR) is 86.2 cm³/mol. The third-order valence-corrected chi connectivity index (χ3v) is 3.12. The van der Waals surface area contributed by atoms with Crippen LogP contribution in [0.3, 0.4) is 0 Å². The quantitative estimate of drug-likeness (QED) is 0.747. The average molecular weight is 276 g/mol. The van der Waals surface area contributed by atoms with E-state index in [1.807, 2.05) is 54.6 Å². The molecule has 104 valence electrons. The summed E-state index contributed by atoms with van der Waals surface area (Å²) in [4.78, 5) is 8.49. The number of anilines is 4. The summed E-state index contributed by atoms with van der Waals surface area (Å²) in [7, 11) is 0. The van der Waals surface area contributed by atoms with Gasteiger partial charge in [0.2, 0.25) is 0 Å². The van der Waals surface area contributed by atoms with Crippen molar-refractivity contribution >= 4 is 23.0 Å². The summed E-state index contributed by atoms with van der Waals surface area (Å²) >= 11 is 0. The van der Waals surface area contributed by atoms with Crippen LogP contribution in [-0.4, -0.2) is 9.97 Å². The van der Waals surface area contributed by atoms with Gasteiger partial charge < -0.3 is 10.6 Å². The summed E-state index contributed by atoms with van der Waals surface area (Å²) in [5.41, 5.74) is 3.22. The Hall–Kier alpha value is -2.88. The van der Waals surface area contributed by atoms with E-state index in [0.29, 0.717) is 0 Å². The first-order chi connectivity index (χ1) is 10.3. The maximum atomic E-state index is 4.26. The molecule has 1 aromatic heterocycles. The van der Waals surface area contributed by atoms with Gasteiger partial charge in [0.25, 0.3) is 0 Å². The van der Waals surface area contributed by atoms with Crippen molar-refractivity contribution in [1.29, 1.82) is 0 Å². The van der Waals surface area contributed by atoms with Crippen LogP contribution >= 0.6 is 0 Å². The fraction of sp³-hybridized carbons (Fsp3) is 0.0588. The fourth-order valence-electron chi connectivity index (χ4n) is 2.01. The highest BCUT2D eigenvalue weighted by Crippen LogP contribution is 2.21. The minimum Gasteiger partial charge on any atom is -0.340 e. The van der Waals surface area contributed by atoms with Crippen LogP contribution in [-0.2, 0) is 0 Å². The summed E-state index contributed by atoms with van der Waals surface area (Å²) in [6.45, 7) is 2.06. The standard InChI is InChI=1S/C17H16N4/c1-13-7-5-6-10-15(13)21-17-11-16(18-12-19-17)20-14-8-3-2-4-9-14/h2-12H,1H3,(H2,18,19,20,21). The van der Waals surface area contributed by atoms with E-state index in [1.54, 1.807) is 6.33 Å². The van der Waals surface area contributed by atoms with Gasteiger partial charge in [-0.3, -0.25) is 0 Å². The molecule has 0 saturated carbocycles. The van der Waals surface area contributed by atoms with Crippen molar-refractivity contribution in [3.63, 3.8) is 0 Å². The second-order valence-electron chi connectivity index (χ2n) is 4.72. The second-order valence-corrected chi connectivity index (χ2v) is 4.72. The summed E-state index contributed by atoms with van der Waals surface area (Å²) in [6.07, 6.45) is 1.55.